The molecule has 2 fully saturated rings. The summed E-state index contributed by atoms with van der Waals surface area (Å²) in [7, 11) is 0. The normalized spacial score (nSPS) is 19.7. The molecule has 1 N–H and O–H groups in total. The van der Waals surface area contributed by atoms with Gasteiger partial charge in [0.15, 0.2) is 0 Å². The van der Waals surface area contributed by atoms with Crippen LogP contribution in [0, 0.1) is 5.92 Å². The third kappa shape index (κ3) is 4.00. The van der Waals surface area contributed by atoms with Crippen LogP contribution in [-0.2, 0) is 6.54 Å². The summed E-state index contributed by atoms with van der Waals surface area (Å²) in [5.41, 5.74) is 0.499. The van der Waals surface area contributed by atoms with Gasteiger partial charge < -0.3 is 10.2 Å². The summed E-state index contributed by atoms with van der Waals surface area (Å²) in [5, 5.41) is 8.49. The first-order valence-electron chi connectivity index (χ1n) is 10.1. The number of aryl methyl sites for hydroxylation is 1. The second-order valence-corrected chi connectivity index (χ2v) is 8.44. The molecule has 2 aliphatic rings. The second kappa shape index (κ2) is 7.96. The zero-order valence-electron chi connectivity index (χ0n) is 16.1. The van der Waals surface area contributed by atoms with E-state index < -0.39 is 0 Å². The van der Waals surface area contributed by atoms with Crippen LogP contribution in [-0.4, -0.2) is 44.2 Å². The van der Waals surface area contributed by atoms with E-state index in [9.17, 15) is 4.79 Å². The van der Waals surface area contributed by atoms with Crippen molar-refractivity contribution in [1.29, 1.82) is 0 Å². The standard InChI is InChI=1S/C19H28N6OS/c1-3-25-12-9-16(22-25)18(26)20-13(2)14-7-10-24(11-8-14)19-21-17(23-27-19)15-5-4-6-15/h9,12-15H,3-8,10-11H2,1-2H3,(H,20,26)/t13-/m1/s1. The molecule has 1 saturated heterocycles. The van der Waals surface area contributed by atoms with Gasteiger partial charge in [0.1, 0.15) is 11.5 Å². The Morgan fingerprint density at radius 1 is 1.33 bits per heavy atom. The third-order valence-corrected chi connectivity index (χ3v) is 6.77. The van der Waals surface area contributed by atoms with Crippen molar-refractivity contribution in [3.8, 4) is 0 Å². The Labute approximate surface area is 164 Å². The molecule has 7 nitrogen and oxygen atoms in total. The second-order valence-electron chi connectivity index (χ2n) is 7.71. The molecule has 1 aliphatic carbocycles. The summed E-state index contributed by atoms with van der Waals surface area (Å²) in [6, 6.07) is 1.93. The van der Waals surface area contributed by atoms with Crippen LogP contribution in [0.4, 0.5) is 5.13 Å². The zero-order valence-corrected chi connectivity index (χ0v) is 16.9. The van der Waals surface area contributed by atoms with Crippen molar-refractivity contribution in [2.45, 2.75) is 64.5 Å². The number of carbonyl (C=O) groups is 1. The largest absolute Gasteiger partial charge is 0.348 e. The highest BCUT2D eigenvalue weighted by Gasteiger charge is 2.29. The number of anilines is 1. The van der Waals surface area contributed by atoms with Gasteiger partial charge in [-0.25, -0.2) is 4.98 Å². The number of hydrogen-bond donors (Lipinski definition) is 1. The number of piperidine rings is 1. The van der Waals surface area contributed by atoms with Gasteiger partial charge in [-0.3, -0.25) is 9.48 Å². The Morgan fingerprint density at radius 3 is 2.74 bits per heavy atom. The van der Waals surface area contributed by atoms with Gasteiger partial charge in [-0.2, -0.15) is 9.47 Å². The van der Waals surface area contributed by atoms with Crippen molar-refractivity contribution in [2.24, 2.45) is 5.92 Å². The molecule has 0 bridgehead atoms. The predicted octanol–water partition coefficient (Wildman–Crippen LogP) is 3.06. The quantitative estimate of drug-likeness (QED) is 0.823. The fourth-order valence-electron chi connectivity index (χ4n) is 3.84. The maximum atomic E-state index is 12.4. The summed E-state index contributed by atoms with van der Waals surface area (Å²) in [6.07, 6.45) is 7.76. The van der Waals surface area contributed by atoms with E-state index in [0.717, 1.165) is 43.4 Å². The average molecular weight is 389 g/mol. The van der Waals surface area contributed by atoms with Crippen LogP contribution in [0.25, 0.3) is 0 Å². The number of carbonyl (C=O) groups excluding carboxylic acids is 1. The number of nitrogens with one attached hydrogen (secondary N) is 1. The van der Waals surface area contributed by atoms with Gasteiger partial charge in [-0.05, 0) is 51.5 Å². The summed E-state index contributed by atoms with van der Waals surface area (Å²) < 4.78 is 6.35. The van der Waals surface area contributed by atoms with E-state index in [1.807, 2.05) is 13.1 Å². The number of aromatic nitrogens is 4. The number of rotatable bonds is 6. The van der Waals surface area contributed by atoms with E-state index in [2.05, 4.69) is 26.6 Å². The molecular weight excluding hydrogens is 360 g/mol. The number of hydrogen-bond acceptors (Lipinski definition) is 6. The summed E-state index contributed by atoms with van der Waals surface area (Å²) in [4.78, 5) is 19.5. The van der Waals surface area contributed by atoms with E-state index in [1.165, 1.54) is 19.3 Å². The molecule has 8 heteroatoms. The Kier molecular flexibility index (Phi) is 5.43. The first-order valence-corrected chi connectivity index (χ1v) is 10.8. The molecule has 1 aliphatic heterocycles. The predicted molar refractivity (Wildman–Crippen MR) is 106 cm³/mol. The van der Waals surface area contributed by atoms with Gasteiger partial charge in [0.25, 0.3) is 5.91 Å². The highest BCUT2D eigenvalue weighted by Crippen LogP contribution is 2.37. The fourth-order valence-corrected chi connectivity index (χ4v) is 4.63. The minimum Gasteiger partial charge on any atom is -0.348 e. The molecule has 0 aromatic carbocycles. The summed E-state index contributed by atoms with van der Waals surface area (Å²) in [5.74, 6) is 2.05. The van der Waals surface area contributed by atoms with Gasteiger partial charge in [-0.1, -0.05) is 6.42 Å². The smallest absolute Gasteiger partial charge is 0.271 e. The van der Waals surface area contributed by atoms with Crippen molar-refractivity contribution in [3.05, 3.63) is 23.8 Å². The lowest BCUT2D eigenvalue weighted by Crippen LogP contribution is -2.44. The highest BCUT2D eigenvalue weighted by molar-refractivity contribution is 7.09. The van der Waals surface area contributed by atoms with Gasteiger partial charge >= 0.3 is 0 Å². The molecule has 1 atom stereocenters. The van der Waals surface area contributed by atoms with Crippen LogP contribution in [0.2, 0.25) is 0 Å². The van der Waals surface area contributed by atoms with Crippen LogP contribution in [0.15, 0.2) is 12.3 Å². The van der Waals surface area contributed by atoms with Crippen molar-refractivity contribution in [2.75, 3.05) is 18.0 Å². The van der Waals surface area contributed by atoms with Crippen LogP contribution in [0.3, 0.4) is 0 Å². The topological polar surface area (TPSA) is 75.9 Å². The maximum Gasteiger partial charge on any atom is 0.271 e. The van der Waals surface area contributed by atoms with E-state index in [0.29, 0.717) is 17.5 Å². The minimum atomic E-state index is -0.0774. The van der Waals surface area contributed by atoms with Crippen molar-refractivity contribution in [3.63, 3.8) is 0 Å². The molecule has 27 heavy (non-hydrogen) atoms. The van der Waals surface area contributed by atoms with E-state index >= 15 is 0 Å². The van der Waals surface area contributed by atoms with Crippen molar-refractivity contribution < 1.29 is 4.79 Å². The van der Waals surface area contributed by atoms with E-state index in [-0.39, 0.29) is 11.9 Å². The lowest BCUT2D eigenvalue weighted by Gasteiger charge is -2.34. The van der Waals surface area contributed by atoms with Gasteiger partial charge in [0.2, 0.25) is 5.13 Å². The first kappa shape index (κ1) is 18.4. The number of amides is 1. The van der Waals surface area contributed by atoms with Crippen LogP contribution >= 0.6 is 11.5 Å². The molecule has 0 radical (unpaired) electrons. The van der Waals surface area contributed by atoms with Crippen molar-refractivity contribution in [1.82, 2.24) is 24.5 Å². The Bertz CT molecular complexity index is 775. The van der Waals surface area contributed by atoms with Gasteiger partial charge in [0.05, 0.1) is 0 Å². The molecule has 3 heterocycles. The third-order valence-electron chi connectivity index (χ3n) is 5.97. The Hall–Kier alpha value is -1.96. The summed E-state index contributed by atoms with van der Waals surface area (Å²) >= 11 is 1.54. The van der Waals surface area contributed by atoms with Gasteiger partial charge in [-0.15, -0.1) is 0 Å². The molecular formula is C19H28N6OS. The van der Waals surface area contributed by atoms with Crippen LogP contribution in [0.1, 0.15) is 68.2 Å². The van der Waals surface area contributed by atoms with Crippen molar-refractivity contribution >= 4 is 22.6 Å². The number of nitrogens with zero attached hydrogens (tertiary/aromatic N) is 5. The van der Waals surface area contributed by atoms with E-state index in [1.54, 1.807) is 22.3 Å². The molecule has 146 valence electrons. The SMILES string of the molecule is CCn1ccc(C(=O)N[C@H](C)C2CCN(c3nc(C4CCC4)ns3)CC2)n1. The fraction of sp³-hybridized carbons (Fsp3) is 0.684. The molecule has 2 aromatic rings. The zero-order chi connectivity index (χ0) is 18.8. The lowest BCUT2D eigenvalue weighted by atomic mass is 9.85. The molecule has 2 aromatic heterocycles. The highest BCUT2D eigenvalue weighted by atomic mass is 32.1. The van der Waals surface area contributed by atoms with Gasteiger partial charge in [0, 0.05) is 49.3 Å². The first-order chi connectivity index (χ1) is 13.1. The lowest BCUT2D eigenvalue weighted by molar-refractivity contribution is 0.0916. The Balaban J connectivity index is 1.28. The minimum absolute atomic E-state index is 0.0774. The average Bonchev–Trinajstić information content (AvgIpc) is 3.30. The van der Waals surface area contributed by atoms with Crippen LogP contribution < -0.4 is 10.2 Å². The maximum absolute atomic E-state index is 12.4. The molecule has 4 rings (SSSR count). The summed E-state index contributed by atoms with van der Waals surface area (Å²) in [6.45, 7) is 6.85. The van der Waals surface area contributed by atoms with Crippen LogP contribution in [0.5, 0.6) is 0 Å². The molecule has 1 amide bonds. The molecule has 0 spiro atoms. The molecule has 0 unspecified atom stereocenters. The van der Waals surface area contributed by atoms with E-state index in [4.69, 9.17) is 4.98 Å². The molecule has 1 saturated carbocycles. The monoisotopic (exact) mass is 388 g/mol. The Morgan fingerprint density at radius 2 is 2.11 bits per heavy atom.